The Morgan fingerprint density at radius 1 is 1.26 bits per heavy atom. The van der Waals surface area contributed by atoms with E-state index < -0.39 is 0 Å². The molecule has 1 N–H and O–H groups in total. The Kier molecular flexibility index (Phi) is 5.67. The zero-order valence-electron chi connectivity index (χ0n) is 12.2. The molecular formula is C16H26N2O. The van der Waals surface area contributed by atoms with Gasteiger partial charge in [-0.25, -0.2) is 0 Å². The first kappa shape index (κ1) is 14.4. The van der Waals surface area contributed by atoms with Gasteiger partial charge < -0.3 is 10.1 Å². The van der Waals surface area contributed by atoms with Crippen LogP contribution in [0.15, 0.2) is 24.3 Å². The maximum atomic E-state index is 5.20. The lowest BCUT2D eigenvalue weighted by molar-refractivity contribution is 0.224. The van der Waals surface area contributed by atoms with E-state index in [0.717, 1.165) is 18.8 Å². The molecule has 3 heteroatoms. The standard InChI is InChI=1S/C16H26N2O/c1-3-15-9-12-18(11-4-10-17-15)13-14-5-7-16(19-2)8-6-14/h5-8,15,17H,3-4,9-13H2,1-2H3. The molecule has 0 aromatic heterocycles. The van der Waals surface area contributed by atoms with Gasteiger partial charge in [-0.3, -0.25) is 4.90 Å². The largest absolute Gasteiger partial charge is 0.497 e. The van der Waals surface area contributed by atoms with Crippen molar-refractivity contribution in [2.45, 2.75) is 38.8 Å². The van der Waals surface area contributed by atoms with Crippen molar-refractivity contribution in [1.29, 1.82) is 0 Å². The lowest BCUT2D eigenvalue weighted by atomic mass is 10.1. The van der Waals surface area contributed by atoms with Crippen molar-refractivity contribution in [3.63, 3.8) is 0 Å². The molecule has 1 unspecified atom stereocenters. The predicted octanol–water partition coefficient (Wildman–Crippen LogP) is 2.66. The average Bonchev–Trinajstić information content (AvgIpc) is 2.43. The van der Waals surface area contributed by atoms with Gasteiger partial charge in [0, 0.05) is 12.6 Å². The van der Waals surface area contributed by atoms with Gasteiger partial charge in [0.2, 0.25) is 0 Å². The van der Waals surface area contributed by atoms with Gasteiger partial charge in [0.05, 0.1) is 7.11 Å². The normalized spacial score (nSPS) is 21.7. The molecular weight excluding hydrogens is 236 g/mol. The molecule has 1 heterocycles. The maximum Gasteiger partial charge on any atom is 0.118 e. The van der Waals surface area contributed by atoms with E-state index in [-0.39, 0.29) is 0 Å². The fourth-order valence-electron chi connectivity index (χ4n) is 2.66. The molecule has 0 saturated carbocycles. The Morgan fingerprint density at radius 3 is 2.74 bits per heavy atom. The molecule has 2 rings (SSSR count). The second-order valence-electron chi connectivity index (χ2n) is 5.33. The highest BCUT2D eigenvalue weighted by Gasteiger charge is 2.13. The summed E-state index contributed by atoms with van der Waals surface area (Å²) in [6.45, 7) is 6.86. The molecule has 1 saturated heterocycles. The zero-order valence-corrected chi connectivity index (χ0v) is 12.2. The molecule has 0 amide bonds. The predicted molar refractivity (Wildman–Crippen MR) is 79.6 cm³/mol. The van der Waals surface area contributed by atoms with Crippen molar-refractivity contribution in [3.8, 4) is 5.75 Å². The molecule has 1 atom stereocenters. The maximum absolute atomic E-state index is 5.20. The van der Waals surface area contributed by atoms with Crippen LogP contribution in [0.2, 0.25) is 0 Å². The van der Waals surface area contributed by atoms with Gasteiger partial charge in [0.25, 0.3) is 0 Å². The molecule has 0 bridgehead atoms. The monoisotopic (exact) mass is 262 g/mol. The lowest BCUT2D eigenvalue weighted by Gasteiger charge is -2.28. The van der Waals surface area contributed by atoms with Crippen LogP contribution >= 0.6 is 0 Å². The molecule has 0 spiro atoms. The van der Waals surface area contributed by atoms with E-state index in [9.17, 15) is 0 Å². The Labute approximate surface area is 116 Å². The summed E-state index contributed by atoms with van der Waals surface area (Å²) in [5.41, 5.74) is 1.38. The van der Waals surface area contributed by atoms with Gasteiger partial charge in [0.15, 0.2) is 0 Å². The first-order valence-corrected chi connectivity index (χ1v) is 7.40. The Hall–Kier alpha value is -1.06. The van der Waals surface area contributed by atoms with Gasteiger partial charge in [0.1, 0.15) is 5.75 Å². The number of nitrogens with zero attached hydrogens (tertiary/aromatic N) is 1. The fourth-order valence-corrected chi connectivity index (χ4v) is 2.66. The van der Waals surface area contributed by atoms with Crippen LogP contribution < -0.4 is 10.1 Å². The topological polar surface area (TPSA) is 24.5 Å². The first-order valence-electron chi connectivity index (χ1n) is 7.40. The smallest absolute Gasteiger partial charge is 0.118 e. The minimum absolute atomic E-state index is 0.693. The van der Waals surface area contributed by atoms with Crippen LogP contribution in [0.1, 0.15) is 31.7 Å². The van der Waals surface area contributed by atoms with Crippen LogP contribution in [0.4, 0.5) is 0 Å². The number of rotatable bonds is 4. The van der Waals surface area contributed by atoms with Crippen LogP contribution in [-0.4, -0.2) is 37.7 Å². The second kappa shape index (κ2) is 7.51. The van der Waals surface area contributed by atoms with E-state index in [1.54, 1.807) is 7.11 Å². The summed E-state index contributed by atoms with van der Waals surface area (Å²) in [7, 11) is 1.71. The van der Waals surface area contributed by atoms with Gasteiger partial charge in [-0.15, -0.1) is 0 Å². The quantitative estimate of drug-likeness (QED) is 0.903. The average molecular weight is 262 g/mol. The third-order valence-corrected chi connectivity index (χ3v) is 3.94. The number of benzene rings is 1. The molecule has 0 aliphatic carbocycles. The Bertz CT molecular complexity index is 364. The summed E-state index contributed by atoms with van der Waals surface area (Å²) >= 11 is 0. The van der Waals surface area contributed by atoms with E-state index >= 15 is 0 Å². The highest BCUT2D eigenvalue weighted by Crippen LogP contribution is 2.14. The number of methoxy groups -OCH3 is 1. The summed E-state index contributed by atoms with van der Waals surface area (Å²) in [6, 6.07) is 9.14. The van der Waals surface area contributed by atoms with Crippen molar-refractivity contribution < 1.29 is 4.74 Å². The minimum atomic E-state index is 0.693. The van der Waals surface area contributed by atoms with Crippen LogP contribution in [0.3, 0.4) is 0 Å². The van der Waals surface area contributed by atoms with Gasteiger partial charge >= 0.3 is 0 Å². The Balaban J connectivity index is 1.89. The number of hydrogen-bond acceptors (Lipinski definition) is 3. The molecule has 19 heavy (non-hydrogen) atoms. The van der Waals surface area contributed by atoms with Crippen LogP contribution in [-0.2, 0) is 6.54 Å². The fraction of sp³-hybridized carbons (Fsp3) is 0.625. The van der Waals surface area contributed by atoms with E-state index in [1.807, 2.05) is 0 Å². The van der Waals surface area contributed by atoms with Crippen molar-refractivity contribution in [2.75, 3.05) is 26.7 Å². The summed E-state index contributed by atoms with van der Waals surface area (Å²) in [5.74, 6) is 0.937. The zero-order chi connectivity index (χ0) is 13.5. The van der Waals surface area contributed by atoms with E-state index in [0.29, 0.717) is 6.04 Å². The molecule has 1 aliphatic rings. The lowest BCUT2D eigenvalue weighted by Crippen LogP contribution is -2.39. The SMILES string of the molecule is CCC1CCN(Cc2ccc(OC)cc2)CCCN1. The number of hydrogen-bond donors (Lipinski definition) is 1. The summed E-state index contributed by atoms with van der Waals surface area (Å²) in [6.07, 6.45) is 3.73. The van der Waals surface area contributed by atoms with E-state index in [1.165, 1.54) is 37.9 Å². The molecule has 1 aliphatic heterocycles. The minimum Gasteiger partial charge on any atom is -0.497 e. The van der Waals surface area contributed by atoms with Crippen molar-refractivity contribution >= 4 is 0 Å². The molecule has 1 fully saturated rings. The first-order chi connectivity index (χ1) is 9.31. The van der Waals surface area contributed by atoms with Gasteiger partial charge in [-0.2, -0.15) is 0 Å². The second-order valence-corrected chi connectivity index (χ2v) is 5.33. The van der Waals surface area contributed by atoms with Gasteiger partial charge in [-0.05, 0) is 56.6 Å². The molecule has 0 radical (unpaired) electrons. The third kappa shape index (κ3) is 4.51. The third-order valence-electron chi connectivity index (χ3n) is 3.94. The van der Waals surface area contributed by atoms with Crippen LogP contribution in [0, 0.1) is 0 Å². The van der Waals surface area contributed by atoms with Crippen molar-refractivity contribution in [3.05, 3.63) is 29.8 Å². The highest BCUT2D eigenvalue weighted by atomic mass is 16.5. The number of ether oxygens (including phenoxy) is 1. The summed E-state index contributed by atoms with van der Waals surface area (Å²) < 4.78 is 5.20. The van der Waals surface area contributed by atoms with Gasteiger partial charge in [-0.1, -0.05) is 19.1 Å². The number of nitrogens with one attached hydrogen (secondary N) is 1. The van der Waals surface area contributed by atoms with E-state index in [2.05, 4.69) is 41.4 Å². The van der Waals surface area contributed by atoms with Crippen LogP contribution in [0.25, 0.3) is 0 Å². The molecule has 1 aromatic rings. The highest BCUT2D eigenvalue weighted by molar-refractivity contribution is 5.27. The van der Waals surface area contributed by atoms with Crippen molar-refractivity contribution in [1.82, 2.24) is 10.2 Å². The van der Waals surface area contributed by atoms with Crippen LogP contribution in [0.5, 0.6) is 5.75 Å². The molecule has 1 aromatic carbocycles. The molecule has 3 nitrogen and oxygen atoms in total. The summed E-state index contributed by atoms with van der Waals surface area (Å²) in [4.78, 5) is 2.57. The van der Waals surface area contributed by atoms with E-state index in [4.69, 9.17) is 4.74 Å². The van der Waals surface area contributed by atoms with Crippen molar-refractivity contribution in [2.24, 2.45) is 0 Å². The molecule has 106 valence electrons. The Morgan fingerprint density at radius 2 is 2.05 bits per heavy atom. The summed E-state index contributed by atoms with van der Waals surface area (Å²) in [5, 5.41) is 3.63.